The van der Waals surface area contributed by atoms with Gasteiger partial charge in [-0.15, -0.1) is 11.8 Å². The molecule has 21 heavy (non-hydrogen) atoms. The molecule has 2 nitrogen and oxygen atoms in total. The molecule has 0 heterocycles. The highest BCUT2D eigenvalue weighted by molar-refractivity contribution is 7.99. The molecule has 1 saturated carbocycles. The van der Waals surface area contributed by atoms with Crippen molar-refractivity contribution < 1.29 is 0 Å². The number of nitrogens with one attached hydrogen (secondary N) is 1. The molecule has 1 aliphatic rings. The van der Waals surface area contributed by atoms with Gasteiger partial charge >= 0.3 is 0 Å². The van der Waals surface area contributed by atoms with Crippen LogP contribution in [-0.2, 0) is 0 Å². The second-order valence-electron chi connectivity index (χ2n) is 5.60. The van der Waals surface area contributed by atoms with Gasteiger partial charge in [-0.1, -0.05) is 48.9 Å². The fourth-order valence-corrected chi connectivity index (χ4v) is 3.83. The molecule has 2 aromatic rings. The average molecular weight is 298 g/mol. The van der Waals surface area contributed by atoms with Crippen LogP contribution in [0, 0.1) is 0 Å². The number of hydrogen-bond acceptors (Lipinski definition) is 3. The highest BCUT2D eigenvalue weighted by Crippen LogP contribution is 2.40. The van der Waals surface area contributed by atoms with Crippen LogP contribution in [0.4, 0.5) is 0 Å². The lowest BCUT2D eigenvalue weighted by Gasteiger charge is -2.30. The Hall–Kier alpha value is -1.29. The number of thioether (sulfide) groups is 1. The van der Waals surface area contributed by atoms with E-state index in [0.717, 1.165) is 11.7 Å². The summed E-state index contributed by atoms with van der Waals surface area (Å²) >= 11 is 1.85. The van der Waals surface area contributed by atoms with Gasteiger partial charge in [-0.2, -0.15) is 0 Å². The number of rotatable bonds is 6. The Morgan fingerprint density at radius 1 is 1.05 bits per heavy atom. The molecule has 1 unspecified atom stereocenters. The molecule has 0 aromatic heterocycles. The van der Waals surface area contributed by atoms with Crippen molar-refractivity contribution in [2.75, 3.05) is 5.75 Å². The fraction of sp³-hybridized carbons (Fsp3) is 0.333. The van der Waals surface area contributed by atoms with Crippen molar-refractivity contribution in [3.8, 4) is 0 Å². The lowest BCUT2D eigenvalue weighted by molar-refractivity contribution is 0.413. The Bertz CT molecular complexity index is 566. The van der Waals surface area contributed by atoms with Crippen molar-refractivity contribution in [3.05, 3.63) is 65.7 Å². The summed E-state index contributed by atoms with van der Waals surface area (Å²) in [6.45, 7) is 0. The Kier molecular flexibility index (Phi) is 4.96. The summed E-state index contributed by atoms with van der Waals surface area (Å²) in [4.78, 5) is 1.29. The molecule has 0 spiro atoms. The SMILES string of the molecule is NNC(CSc1ccccc1)c1ccccc1C1CCC1. The Morgan fingerprint density at radius 3 is 2.43 bits per heavy atom. The highest BCUT2D eigenvalue weighted by Gasteiger charge is 2.24. The summed E-state index contributed by atoms with van der Waals surface area (Å²) < 4.78 is 0. The third kappa shape index (κ3) is 3.49. The topological polar surface area (TPSA) is 38.0 Å². The molecule has 110 valence electrons. The minimum atomic E-state index is 0.201. The smallest absolute Gasteiger partial charge is 0.0556 e. The van der Waals surface area contributed by atoms with E-state index in [0.29, 0.717) is 0 Å². The Morgan fingerprint density at radius 2 is 1.76 bits per heavy atom. The molecule has 1 atom stereocenters. The summed E-state index contributed by atoms with van der Waals surface area (Å²) in [6, 6.07) is 19.5. The van der Waals surface area contributed by atoms with Gasteiger partial charge in [0.1, 0.15) is 0 Å². The minimum Gasteiger partial charge on any atom is -0.271 e. The first kappa shape index (κ1) is 14.6. The molecule has 0 saturated heterocycles. The number of benzene rings is 2. The number of hydrogen-bond donors (Lipinski definition) is 2. The molecule has 3 rings (SSSR count). The standard InChI is InChI=1S/C18H22N2S/c19-20-18(13-21-15-9-2-1-3-10-15)17-12-5-4-11-16(17)14-7-6-8-14/h1-5,9-12,14,18,20H,6-8,13,19H2. The zero-order valence-electron chi connectivity index (χ0n) is 12.2. The maximum Gasteiger partial charge on any atom is 0.0556 e. The lowest BCUT2D eigenvalue weighted by atomic mass is 9.77. The molecule has 3 heteroatoms. The third-order valence-electron chi connectivity index (χ3n) is 4.28. The molecule has 1 aliphatic carbocycles. The Balaban J connectivity index is 1.73. The number of nitrogens with two attached hydrogens (primary N) is 1. The quantitative estimate of drug-likeness (QED) is 0.475. The summed E-state index contributed by atoms with van der Waals surface area (Å²) in [6.07, 6.45) is 4.00. The van der Waals surface area contributed by atoms with Crippen molar-refractivity contribution in [2.24, 2.45) is 5.84 Å². The molecule has 0 aliphatic heterocycles. The van der Waals surface area contributed by atoms with E-state index in [2.05, 4.69) is 60.0 Å². The van der Waals surface area contributed by atoms with Crippen molar-refractivity contribution in [3.63, 3.8) is 0 Å². The molecular weight excluding hydrogens is 276 g/mol. The van der Waals surface area contributed by atoms with Gasteiger partial charge in [-0.3, -0.25) is 11.3 Å². The van der Waals surface area contributed by atoms with Crippen LogP contribution in [-0.4, -0.2) is 5.75 Å². The van der Waals surface area contributed by atoms with Crippen LogP contribution >= 0.6 is 11.8 Å². The normalized spacial score (nSPS) is 16.4. The second-order valence-corrected chi connectivity index (χ2v) is 6.69. The molecular formula is C18H22N2S. The molecule has 0 bridgehead atoms. The van der Waals surface area contributed by atoms with Gasteiger partial charge < -0.3 is 0 Å². The minimum absolute atomic E-state index is 0.201. The first-order chi connectivity index (χ1) is 10.4. The highest BCUT2D eigenvalue weighted by atomic mass is 32.2. The van der Waals surface area contributed by atoms with Crippen LogP contribution in [0.15, 0.2) is 59.5 Å². The zero-order chi connectivity index (χ0) is 14.5. The van der Waals surface area contributed by atoms with E-state index in [9.17, 15) is 0 Å². The molecule has 1 fully saturated rings. The first-order valence-corrected chi connectivity index (χ1v) is 8.60. The van der Waals surface area contributed by atoms with Crippen molar-refractivity contribution in [1.82, 2.24) is 5.43 Å². The van der Waals surface area contributed by atoms with Crippen LogP contribution in [0.1, 0.15) is 42.3 Å². The van der Waals surface area contributed by atoms with Crippen molar-refractivity contribution in [1.29, 1.82) is 0 Å². The van der Waals surface area contributed by atoms with E-state index >= 15 is 0 Å². The van der Waals surface area contributed by atoms with Gasteiger partial charge in [0.15, 0.2) is 0 Å². The fourth-order valence-electron chi connectivity index (χ4n) is 2.84. The Labute approximate surface area is 131 Å². The van der Waals surface area contributed by atoms with E-state index in [1.807, 2.05) is 11.8 Å². The van der Waals surface area contributed by atoms with Gasteiger partial charge in [0.2, 0.25) is 0 Å². The van der Waals surface area contributed by atoms with E-state index in [1.165, 1.54) is 35.3 Å². The predicted molar refractivity (Wildman–Crippen MR) is 90.3 cm³/mol. The summed E-state index contributed by atoms with van der Waals surface area (Å²) in [5.41, 5.74) is 5.87. The molecule has 0 amide bonds. The maximum atomic E-state index is 5.83. The largest absolute Gasteiger partial charge is 0.271 e. The van der Waals surface area contributed by atoms with Gasteiger partial charge in [-0.05, 0) is 42.0 Å². The van der Waals surface area contributed by atoms with Crippen molar-refractivity contribution in [2.45, 2.75) is 36.1 Å². The molecule has 2 aromatic carbocycles. The summed E-state index contributed by atoms with van der Waals surface area (Å²) in [7, 11) is 0. The van der Waals surface area contributed by atoms with Gasteiger partial charge in [0, 0.05) is 10.6 Å². The van der Waals surface area contributed by atoms with Crippen LogP contribution in [0.5, 0.6) is 0 Å². The zero-order valence-corrected chi connectivity index (χ0v) is 13.0. The summed E-state index contributed by atoms with van der Waals surface area (Å²) in [5, 5.41) is 0. The van der Waals surface area contributed by atoms with E-state index in [-0.39, 0.29) is 6.04 Å². The van der Waals surface area contributed by atoms with Crippen LogP contribution in [0.2, 0.25) is 0 Å². The van der Waals surface area contributed by atoms with Crippen molar-refractivity contribution >= 4 is 11.8 Å². The van der Waals surface area contributed by atoms with Crippen LogP contribution in [0.3, 0.4) is 0 Å². The average Bonchev–Trinajstić information content (AvgIpc) is 2.49. The lowest BCUT2D eigenvalue weighted by Crippen LogP contribution is -2.31. The second kappa shape index (κ2) is 7.12. The van der Waals surface area contributed by atoms with Gasteiger partial charge in [-0.25, -0.2) is 0 Å². The van der Waals surface area contributed by atoms with Crippen LogP contribution < -0.4 is 11.3 Å². The number of hydrazine groups is 1. The predicted octanol–water partition coefficient (Wildman–Crippen LogP) is 4.25. The van der Waals surface area contributed by atoms with E-state index in [1.54, 1.807) is 0 Å². The van der Waals surface area contributed by atoms with E-state index in [4.69, 9.17) is 5.84 Å². The maximum absolute atomic E-state index is 5.83. The van der Waals surface area contributed by atoms with E-state index < -0.39 is 0 Å². The van der Waals surface area contributed by atoms with Gasteiger partial charge in [0.25, 0.3) is 0 Å². The van der Waals surface area contributed by atoms with Gasteiger partial charge in [0.05, 0.1) is 6.04 Å². The molecule has 0 radical (unpaired) electrons. The molecule has 3 N–H and O–H groups in total. The third-order valence-corrected chi connectivity index (χ3v) is 5.38. The monoisotopic (exact) mass is 298 g/mol. The summed E-state index contributed by atoms with van der Waals surface area (Å²) in [5.74, 6) is 7.52. The first-order valence-electron chi connectivity index (χ1n) is 7.61. The van der Waals surface area contributed by atoms with Crippen LogP contribution in [0.25, 0.3) is 0 Å².